The monoisotopic (exact) mass is 542 g/mol. The molecule has 0 radical (unpaired) electrons. The second-order valence-corrected chi connectivity index (χ2v) is 11.1. The van der Waals surface area contributed by atoms with E-state index in [0.717, 1.165) is 46.8 Å². The average molecular weight is 543 g/mol. The van der Waals surface area contributed by atoms with E-state index in [9.17, 15) is 0 Å². The molecule has 8 rings (SSSR count). The zero-order valence-electron chi connectivity index (χ0n) is 23.2. The minimum absolute atomic E-state index is 0.534. The SMILES string of the molecule is c1ccc(-c2cccc(Nc3cccc(-c4ccc(-c5ccc(C6CNC6)c6c5oc5ccccc56)cc4)c3)c2)cc1. The van der Waals surface area contributed by atoms with E-state index in [2.05, 4.69) is 138 Å². The topological polar surface area (TPSA) is 37.2 Å². The lowest BCUT2D eigenvalue weighted by Crippen LogP contribution is -2.39. The van der Waals surface area contributed by atoms with Crippen LogP contribution in [-0.4, -0.2) is 13.1 Å². The fraction of sp³-hybridized carbons (Fsp3) is 0.0769. The Balaban J connectivity index is 1.10. The van der Waals surface area contributed by atoms with Gasteiger partial charge in [0.2, 0.25) is 0 Å². The largest absolute Gasteiger partial charge is 0.455 e. The number of benzene rings is 6. The Morgan fingerprint density at radius 1 is 0.548 bits per heavy atom. The van der Waals surface area contributed by atoms with Gasteiger partial charge in [0.25, 0.3) is 0 Å². The first-order valence-corrected chi connectivity index (χ1v) is 14.6. The van der Waals surface area contributed by atoms with E-state index < -0.39 is 0 Å². The number of nitrogens with one attached hydrogen (secondary N) is 2. The molecule has 1 aromatic heterocycles. The molecule has 1 aliphatic rings. The molecule has 3 heteroatoms. The van der Waals surface area contributed by atoms with Gasteiger partial charge in [0.15, 0.2) is 0 Å². The fourth-order valence-electron chi connectivity index (χ4n) is 6.12. The van der Waals surface area contributed by atoms with Gasteiger partial charge in [-0.25, -0.2) is 0 Å². The first-order chi connectivity index (χ1) is 20.8. The number of rotatable bonds is 6. The van der Waals surface area contributed by atoms with Crippen LogP contribution in [0.4, 0.5) is 11.4 Å². The summed E-state index contributed by atoms with van der Waals surface area (Å²) in [6.45, 7) is 2.05. The molecular formula is C39H30N2O. The summed E-state index contributed by atoms with van der Waals surface area (Å²) in [5, 5.41) is 9.48. The van der Waals surface area contributed by atoms with Gasteiger partial charge in [0.05, 0.1) is 0 Å². The van der Waals surface area contributed by atoms with Crippen molar-refractivity contribution in [2.24, 2.45) is 0 Å². The maximum Gasteiger partial charge on any atom is 0.143 e. The van der Waals surface area contributed by atoms with Crippen molar-refractivity contribution in [2.75, 3.05) is 18.4 Å². The van der Waals surface area contributed by atoms with Crippen LogP contribution in [0.3, 0.4) is 0 Å². The van der Waals surface area contributed by atoms with Crippen molar-refractivity contribution in [3.63, 3.8) is 0 Å². The summed E-state index contributed by atoms with van der Waals surface area (Å²) in [6.07, 6.45) is 0. The number of hydrogen-bond acceptors (Lipinski definition) is 3. The van der Waals surface area contributed by atoms with Gasteiger partial charge in [-0.1, -0.05) is 109 Å². The van der Waals surface area contributed by atoms with Crippen molar-refractivity contribution in [1.82, 2.24) is 5.32 Å². The summed E-state index contributed by atoms with van der Waals surface area (Å²) in [7, 11) is 0. The molecular weight excluding hydrogens is 512 g/mol. The first kappa shape index (κ1) is 24.7. The quantitative estimate of drug-likeness (QED) is 0.220. The highest BCUT2D eigenvalue weighted by molar-refractivity contribution is 6.11. The molecule has 1 fully saturated rings. The predicted octanol–water partition coefficient (Wildman–Crippen LogP) is 10.0. The Morgan fingerprint density at radius 3 is 1.86 bits per heavy atom. The number of para-hydroxylation sites is 1. The highest BCUT2D eigenvalue weighted by Gasteiger charge is 2.25. The minimum Gasteiger partial charge on any atom is -0.455 e. The molecule has 1 aliphatic heterocycles. The standard InChI is InChI=1S/C39H30N2O/c1-2-8-26(9-3-1)29-10-6-12-32(22-29)41-33-13-7-11-30(23-33)27-16-18-28(19-17-27)35-21-20-34(31-24-40-25-31)38-36-14-4-5-15-37(36)42-39(35)38/h1-23,31,40-41H,24-25H2. The lowest BCUT2D eigenvalue weighted by atomic mass is 9.88. The molecule has 2 N–H and O–H groups in total. The third-order valence-corrected chi connectivity index (χ3v) is 8.43. The van der Waals surface area contributed by atoms with Crippen LogP contribution in [0.2, 0.25) is 0 Å². The smallest absolute Gasteiger partial charge is 0.143 e. The van der Waals surface area contributed by atoms with Crippen molar-refractivity contribution in [3.8, 4) is 33.4 Å². The zero-order valence-corrected chi connectivity index (χ0v) is 23.2. The highest BCUT2D eigenvalue weighted by atomic mass is 16.3. The van der Waals surface area contributed by atoms with Gasteiger partial charge in [-0.05, 0) is 63.7 Å². The summed E-state index contributed by atoms with van der Waals surface area (Å²) in [6, 6.07) is 49.4. The highest BCUT2D eigenvalue weighted by Crippen LogP contribution is 2.41. The second-order valence-electron chi connectivity index (χ2n) is 11.1. The summed E-state index contributed by atoms with van der Waals surface area (Å²) >= 11 is 0. The van der Waals surface area contributed by atoms with Crippen LogP contribution in [-0.2, 0) is 0 Å². The lowest BCUT2D eigenvalue weighted by Gasteiger charge is -2.28. The van der Waals surface area contributed by atoms with Crippen molar-refractivity contribution < 1.29 is 4.42 Å². The molecule has 42 heavy (non-hydrogen) atoms. The Labute approximate surface area is 245 Å². The van der Waals surface area contributed by atoms with Gasteiger partial charge in [-0.2, -0.15) is 0 Å². The van der Waals surface area contributed by atoms with Crippen molar-refractivity contribution in [1.29, 1.82) is 0 Å². The van der Waals surface area contributed by atoms with E-state index in [1.807, 2.05) is 12.1 Å². The number of fused-ring (bicyclic) bond motifs is 3. The molecule has 0 saturated carbocycles. The summed E-state index contributed by atoms with van der Waals surface area (Å²) < 4.78 is 6.49. The fourth-order valence-corrected chi connectivity index (χ4v) is 6.12. The Morgan fingerprint density at radius 2 is 1.17 bits per heavy atom. The van der Waals surface area contributed by atoms with Crippen LogP contribution in [0.25, 0.3) is 55.3 Å². The Kier molecular flexibility index (Phi) is 6.09. The minimum atomic E-state index is 0.534. The Hall–Kier alpha value is -5.12. The maximum absolute atomic E-state index is 6.49. The number of anilines is 2. The van der Waals surface area contributed by atoms with E-state index in [0.29, 0.717) is 5.92 Å². The Bertz CT molecular complexity index is 2040. The normalized spacial score (nSPS) is 13.3. The molecule has 0 spiro atoms. The first-order valence-electron chi connectivity index (χ1n) is 14.6. The second kappa shape index (κ2) is 10.4. The average Bonchev–Trinajstić information content (AvgIpc) is 3.41. The number of hydrogen-bond donors (Lipinski definition) is 2. The van der Waals surface area contributed by atoms with Crippen molar-refractivity contribution in [3.05, 3.63) is 145 Å². The third kappa shape index (κ3) is 4.45. The van der Waals surface area contributed by atoms with E-state index in [4.69, 9.17) is 4.42 Å². The molecule has 2 heterocycles. The van der Waals surface area contributed by atoms with Crippen LogP contribution >= 0.6 is 0 Å². The van der Waals surface area contributed by atoms with Gasteiger partial charge in [0.1, 0.15) is 11.2 Å². The maximum atomic E-state index is 6.49. The van der Waals surface area contributed by atoms with Crippen LogP contribution in [0.15, 0.2) is 144 Å². The molecule has 202 valence electrons. The van der Waals surface area contributed by atoms with E-state index in [1.165, 1.54) is 38.6 Å². The van der Waals surface area contributed by atoms with E-state index in [1.54, 1.807) is 0 Å². The number of furan rings is 1. The molecule has 0 amide bonds. The van der Waals surface area contributed by atoms with Crippen LogP contribution in [0, 0.1) is 0 Å². The molecule has 7 aromatic rings. The van der Waals surface area contributed by atoms with Crippen LogP contribution in [0.5, 0.6) is 0 Å². The molecule has 0 bridgehead atoms. The molecule has 0 unspecified atom stereocenters. The zero-order chi connectivity index (χ0) is 27.9. The molecule has 0 atom stereocenters. The molecule has 0 aliphatic carbocycles. The van der Waals surface area contributed by atoms with Gasteiger partial charge >= 0.3 is 0 Å². The van der Waals surface area contributed by atoms with Crippen LogP contribution in [0.1, 0.15) is 11.5 Å². The van der Waals surface area contributed by atoms with Gasteiger partial charge in [0, 0.05) is 46.7 Å². The van der Waals surface area contributed by atoms with Gasteiger partial charge in [-0.15, -0.1) is 0 Å². The van der Waals surface area contributed by atoms with Gasteiger partial charge in [-0.3, -0.25) is 0 Å². The molecule has 3 nitrogen and oxygen atoms in total. The van der Waals surface area contributed by atoms with Gasteiger partial charge < -0.3 is 15.1 Å². The summed E-state index contributed by atoms with van der Waals surface area (Å²) in [4.78, 5) is 0. The van der Waals surface area contributed by atoms with E-state index >= 15 is 0 Å². The van der Waals surface area contributed by atoms with Crippen molar-refractivity contribution in [2.45, 2.75) is 5.92 Å². The van der Waals surface area contributed by atoms with Crippen molar-refractivity contribution >= 4 is 33.3 Å². The third-order valence-electron chi connectivity index (χ3n) is 8.43. The molecule has 6 aromatic carbocycles. The predicted molar refractivity (Wildman–Crippen MR) is 175 cm³/mol. The molecule has 1 saturated heterocycles. The van der Waals surface area contributed by atoms with Crippen LogP contribution < -0.4 is 10.6 Å². The summed E-state index contributed by atoms with van der Waals surface area (Å²) in [5.41, 5.74) is 12.5. The summed E-state index contributed by atoms with van der Waals surface area (Å²) in [5.74, 6) is 0.534. The van der Waals surface area contributed by atoms with E-state index in [-0.39, 0.29) is 0 Å². The lowest BCUT2D eigenvalue weighted by molar-refractivity contribution is 0.451.